The van der Waals surface area contributed by atoms with E-state index in [4.69, 9.17) is 5.73 Å². The second-order valence-corrected chi connectivity index (χ2v) is 4.80. The van der Waals surface area contributed by atoms with Gasteiger partial charge in [-0.15, -0.1) is 0 Å². The predicted octanol–water partition coefficient (Wildman–Crippen LogP) is 2.84. The van der Waals surface area contributed by atoms with Crippen LogP contribution in [-0.4, -0.2) is 15.9 Å². The zero-order valence-electron chi connectivity index (χ0n) is 11.2. The quantitative estimate of drug-likeness (QED) is 0.746. The van der Waals surface area contributed by atoms with Crippen molar-refractivity contribution < 1.29 is 0 Å². The van der Waals surface area contributed by atoms with Crippen molar-refractivity contribution in [3.05, 3.63) is 66.5 Å². The molecule has 0 bridgehead atoms. The van der Waals surface area contributed by atoms with Gasteiger partial charge in [0.25, 0.3) is 0 Å². The summed E-state index contributed by atoms with van der Waals surface area (Å²) in [5.74, 6) is 1.04. The van der Waals surface area contributed by atoms with Gasteiger partial charge in [-0.1, -0.05) is 36.4 Å². The van der Waals surface area contributed by atoms with E-state index in [2.05, 4.69) is 22.4 Å². The van der Waals surface area contributed by atoms with Crippen LogP contribution in [0, 0.1) is 0 Å². The Morgan fingerprint density at radius 2 is 1.95 bits per heavy atom. The zero-order chi connectivity index (χ0) is 13.8. The van der Waals surface area contributed by atoms with Crippen LogP contribution in [0.25, 0.3) is 5.65 Å². The van der Waals surface area contributed by atoms with Gasteiger partial charge in [-0.25, -0.2) is 4.98 Å². The molecule has 0 radical (unpaired) electrons. The lowest BCUT2D eigenvalue weighted by atomic mass is 10.1. The minimum Gasteiger partial charge on any atom is -0.371 e. The van der Waals surface area contributed by atoms with E-state index >= 15 is 0 Å². The number of fused-ring (bicyclic) bond motifs is 1. The summed E-state index contributed by atoms with van der Waals surface area (Å²) in [6.45, 7) is 0.827. The number of pyridine rings is 1. The van der Waals surface area contributed by atoms with Gasteiger partial charge in [0.05, 0.1) is 0 Å². The van der Waals surface area contributed by atoms with Gasteiger partial charge in [-0.2, -0.15) is 0 Å². The summed E-state index contributed by atoms with van der Waals surface area (Å²) in [6, 6.07) is 16.3. The van der Waals surface area contributed by atoms with Crippen molar-refractivity contribution in [1.29, 1.82) is 0 Å². The summed E-state index contributed by atoms with van der Waals surface area (Å²) < 4.78 is 2.04. The first kappa shape index (κ1) is 12.7. The van der Waals surface area contributed by atoms with Gasteiger partial charge in [0, 0.05) is 25.0 Å². The standard InChI is InChI=1S/C16H18N4/c17-14(13-5-2-1-3-6-13)9-10-18-15-7-4-8-16-19-11-12-20(15)16/h1-8,11-12,14,18H,9-10,17H2. The Hall–Kier alpha value is -2.33. The van der Waals surface area contributed by atoms with Crippen LogP contribution in [0.5, 0.6) is 0 Å². The number of nitrogens with two attached hydrogens (primary N) is 1. The van der Waals surface area contributed by atoms with Crippen LogP contribution < -0.4 is 11.1 Å². The Balaban J connectivity index is 1.61. The molecule has 102 valence electrons. The maximum atomic E-state index is 6.19. The van der Waals surface area contributed by atoms with Gasteiger partial charge in [0.15, 0.2) is 0 Å². The van der Waals surface area contributed by atoms with E-state index < -0.39 is 0 Å². The normalized spacial score (nSPS) is 12.4. The Morgan fingerprint density at radius 1 is 1.10 bits per heavy atom. The van der Waals surface area contributed by atoms with Crippen LogP contribution in [0.15, 0.2) is 60.9 Å². The lowest BCUT2D eigenvalue weighted by Gasteiger charge is -2.14. The third-order valence-electron chi connectivity index (χ3n) is 3.42. The molecular weight excluding hydrogens is 248 g/mol. The number of nitrogens with zero attached hydrogens (tertiary/aromatic N) is 2. The highest BCUT2D eigenvalue weighted by molar-refractivity contribution is 5.49. The van der Waals surface area contributed by atoms with Crippen molar-refractivity contribution in [2.24, 2.45) is 5.73 Å². The van der Waals surface area contributed by atoms with E-state index in [0.717, 1.165) is 24.4 Å². The van der Waals surface area contributed by atoms with E-state index in [1.54, 1.807) is 6.20 Å². The summed E-state index contributed by atoms with van der Waals surface area (Å²) in [6.07, 6.45) is 4.64. The first-order chi connectivity index (χ1) is 9.84. The number of hydrogen-bond acceptors (Lipinski definition) is 3. The number of nitrogens with one attached hydrogen (secondary N) is 1. The topological polar surface area (TPSA) is 55.3 Å². The Morgan fingerprint density at radius 3 is 2.80 bits per heavy atom. The number of hydrogen-bond donors (Lipinski definition) is 2. The molecule has 20 heavy (non-hydrogen) atoms. The van der Waals surface area contributed by atoms with Gasteiger partial charge >= 0.3 is 0 Å². The molecule has 0 saturated carbocycles. The summed E-state index contributed by atoms with van der Waals surface area (Å²) in [5.41, 5.74) is 8.32. The molecule has 4 heteroatoms. The average Bonchev–Trinajstić information content (AvgIpc) is 2.97. The van der Waals surface area contributed by atoms with Gasteiger partial charge < -0.3 is 11.1 Å². The van der Waals surface area contributed by atoms with E-state index in [1.807, 2.05) is 47.0 Å². The van der Waals surface area contributed by atoms with Crippen LogP contribution in [0.4, 0.5) is 5.82 Å². The second kappa shape index (κ2) is 5.75. The van der Waals surface area contributed by atoms with E-state index in [9.17, 15) is 0 Å². The predicted molar refractivity (Wildman–Crippen MR) is 81.7 cm³/mol. The summed E-state index contributed by atoms with van der Waals surface area (Å²) in [4.78, 5) is 4.27. The molecule has 0 aliphatic heterocycles. The fourth-order valence-corrected chi connectivity index (χ4v) is 2.31. The van der Waals surface area contributed by atoms with E-state index in [1.165, 1.54) is 5.56 Å². The largest absolute Gasteiger partial charge is 0.371 e. The smallest absolute Gasteiger partial charge is 0.138 e. The van der Waals surface area contributed by atoms with Crippen molar-refractivity contribution in [3.63, 3.8) is 0 Å². The first-order valence-electron chi connectivity index (χ1n) is 6.81. The van der Waals surface area contributed by atoms with Crippen molar-refractivity contribution in [2.75, 3.05) is 11.9 Å². The number of benzene rings is 1. The van der Waals surface area contributed by atoms with E-state index in [-0.39, 0.29) is 6.04 Å². The fraction of sp³-hybridized carbons (Fsp3) is 0.188. The highest BCUT2D eigenvalue weighted by Crippen LogP contribution is 2.15. The molecule has 4 nitrogen and oxygen atoms in total. The van der Waals surface area contributed by atoms with E-state index in [0.29, 0.717) is 0 Å². The Bertz CT molecular complexity index is 675. The molecule has 3 N–H and O–H groups in total. The molecule has 1 aromatic carbocycles. The molecule has 0 fully saturated rings. The lowest BCUT2D eigenvalue weighted by molar-refractivity contribution is 0.674. The molecular formula is C16H18N4. The third kappa shape index (κ3) is 2.65. The third-order valence-corrected chi connectivity index (χ3v) is 3.42. The monoisotopic (exact) mass is 266 g/mol. The maximum absolute atomic E-state index is 6.19. The Kier molecular flexibility index (Phi) is 3.65. The Labute approximate surface area is 118 Å². The van der Waals surface area contributed by atoms with Crippen molar-refractivity contribution >= 4 is 11.5 Å². The number of imidazole rings is 1. The van der Waals surface area contributed by atoms with Crippen molar-refractivity contribution in [3.8, 4) is 0 Å². The minimum atomic E-state index is 0.0608. The lowest BCUT2D eigenvalue weighted by Crippen LogP contribution is -2.16. The summed E-state index contributed by atoms with van der Waals surface area (Å²) in [5, 5.41) is 3.42. The number of rotatable bonds is 5. The molecule has 1 unspecified atom stereocenters. The molecule has 2 heterocycles. The second-order valence-electron chi connectivity index (χ2n) is 4.80. The van der Waals surface area contributed by atoms with Gasteiger partial charge in [-0.3, -0.25) is 4.40 Å². The van der Waals surface area contributed by atoms with Gasteiger partial charge in [-0.05, 0) is 24.1 Å². The minimum absolute atomic E-state index is 0.0608. The molecule has 2 aromatic heterocycles. The fourth-order valence-electron chi connectivity index (χ4n) is 2.31. The first-order valence-corrected chi connectivity index (χ1v) is 6.81. The SMILES string of the molecule is NC(CCNc1cccc2nccn12)c1ccccc1. The van der Waals surface area contributed by atoms with Crippen LogP contribution in [0.3, 0.4) is 0 Å². The summed E-state index contributed by atoms with van der Waals surface area (Å²) in [7, 11) is 0. The molecule has 1 atom stereocenters. The van der Waals surface area contributed by atoms with Crippen LogP contribution in [-0.2, 0) is 0 Å². The van der Waals surface area contributed by atoms with Gasteiger partial charge in [0.1, 0.15) is 11.5 Å². The highest BCUT2D eigenvalue weighted by atomic mass is 15.1. The number of aromatic nitrogens is 2. The van der Waals surface area contributed by atoms with Crippen molar-refractivity contribution in [1.82, 2.24) is 9.38 Å². The van der Waals surface area contributed by atoms with Gasteiger partial charge in [0.2, 0.25) is 0 Å². The molecule has 0 aliphatic carbocycles. The number of anilines is 1. The molecule has 0 spiro atoms. The van der Waals surface area contributed by atoms with Crippen LogP contribution >= 0.6 is 0 Å². The molecule has 0 amide bonds. The molecule has 0 saturated heterocycles. The zero-order valence-corrected chi connectivity index (χ0v) is 11.2. The van der Waals surface area contributed by atoms with Crippen LogP contribution in [0.1, 0.15) is 18.0 Å². The molecule has 0 aliphatic rings. The highest BCUT2D eigenvalue weighted by Gasteiger charge is 2.05. The summed E-state index contributed by atoms with van der Waals surface area (Å²) >= 11 is 0. The maximum Gasteiger partial charge on any atom is 0.138 e. The average molecular weight is 266 g/mol. The van der Waals surface area contributed by atoms with Crippen LogP contribution in [0.2, 0.25) is 0 Å². The molecule has 3 aromatic rings. The molecule has 3 rings (SSSR count). The van der Waals surface area contributed by atoms with Crippen molar-refractivity contribution in [2.45, 2.75) is 12.5 Å².